The Kier molecular flexibility index (Phi) is 3.54. The van der Waals surface area contributed by atoms with E-state index in [2.05, 4.69) is 22.4 Å². The van der Waals surface area contributed by atoms with E-state index in [9.17, 15) is 4.39 Å². The van der Waals surface area contributed by atoms with E-state index in [4.69, 9.17) is 4.74 Å². The Morgan fingerprint density at radius 1 is 1.17 bits per heavy atom. The van der Waals surface area contributed by atoms with Gasteiger partial charge >= 0.3 is 0 Å². The largest absolute Gasteiger partial charge is 0.494 e. The molecular formula is C19H19FN2O. The molecule has 0 amide bonds. The van der Waals surface area contributed by atoms with Crippen LogP contribution in [-0.4, -0.2) is 18.1 Å². The van der Waals surface area contributed by atoms with Crippen molar-refractivity contribution in [3.05, 3.63) is 65.1 Å². The van der Waals surface area contributed by atoms with E-state index in [1.807, 2.05) is 25.1 Å². The van der Waals surface area contributed by atoms with Crippen LogP contribution in [-0.2, 0) is 6.42 Å². The van der Waals surface area contributed by atoms with Gasteiger partial charge in [-0.15, -0.1) is 0 Å². The van der Waals surface area contributed by atoms with Gasteiger partial charge in [0.2, 0.25) is 0 Å². The van der Waals surface area contributed by atoms with E-state index in [1.165, 1.54) is 17.2 Å². The highest BCUT2D eigenvalue weighted by molar-refractivity contribution is 5.85. The summed E-state index contributed by atoms with van der Waals surface area (Å²) < 4.78 is 19.1. The lowest BCUT2D eigenvalue weighted by Crippen LogP contribution is -2.30. The van der Waals surface area contributed by atoms with Gasteiger partial charge in [-0.3, -0.25) is 0 Å². The maximum atomic E-state index is 13.6. The first-order valence-corrected chi connectivity index (χ1v) is 8.02. The van der Waals surface area contributed by atoms with Gasteiger partial charge in [0.1, 0.15) is 11.6 Å². The minimum absolute atomic E-state index is 0.102. The highest BCUT2D eigenvalue weighted by Gasteiger charge is 2.25. The molecule has 1 aromatic heterocycles. The van der Waals surface area contributed by atoms with Gasteiger partial charge in [0.15, 0.2) is 0 Å². The van der Waals surface area contributed by atoms with E-state index in [-0.39, 0.29) is 11.9 Å². The lowest BCUT2D eigenvalue weighted by Gasteiger charge is -2.25. The number of hydrogen-bond donors (Lipinski definition) is 2. The zero-order chi connectivity index (χ0) is 15.8. The monoisotopic (exact) mass is 310 g/mol. The minimum atomic E-state index is -0.185. The molecule has 1 aliphatic heterocycles. The van der Waals surface area contributed by atoms with Crippen molar-refractivity contribution in [1.29, 1.82) is 0 Å². The second-order valence-corrected chi connectivity index (χ2v) is 5.85. The molecule has 0 fully saturated rings. The van der Waals surface area contributed by atoms with Gasteiger partial charge in [-0.05, 0) is 54.8 Å². The number of aromatic amines is 1. The molecule has 0 radical (unpaired) electrons. The van der Waals surface area contributed by atoms with Crippen molar-refractivity contribution in [2.75, 3.05) is 13.2 Å². The van der Waals surface area contributed by atoms with Crippen LogP contribution < -0.4 is 10.1 Å². The average Bonchev–Trinajstić information content (AvgIpc) is 2.94. The SMILES string of the molecule is CCOc1ccc(C2NCCc3c2[nH]c2ccc(F)cc32)cc1. The van der Waals surface area contributed by atoms with Crippen molar-refractivity contribution >= 4 is 10.9 Å². The van der Waals surface area contributed by atoms with Crippen LogP contribution in [0.5, 0.6) is 5.75 Å². The molecule has 0 spiro atoms. The average molecular weight is 310 g/mol. The maximum absolute atomic E-state index is 13.6. The van der Waals surface area contributed by atoms with Crippen molar-refractivity contribution in [2.45, 2.75) is 19.4 Å². The zero-order valence-corrected chi connectivity index (χ0v) is 13.0. The lowest BCUT2D eigenvalue weighted by atomic mass is 9.94. The molecule has 4 rings (SSSR count). The number of ether oxygens (including phenoxy) is 1. The number of aromatic nitrogens is 1. The first kappa shape index (κ1) is 14.3. The number of fused-ring (bicyclic) bond motifs is 3. The highest BCUT2D eigenvalue weighted by Crippen LogP contribution is 2.34. The van der Waals surface area contributed by atoms with Gasteiger partial charge in [0, 0.05) is 23.1 Å². The number of halogens is 1. The van der Waals surface area contributed by atoms with Crippen molar-refractivity contribution < 1.29 is 9.13 Å². The summed E-state index contributed by atoms with van der Waals surface area (Å²) in [7, 11) is 0. The fourth-order valence-corrected chi connectivity index (χ4v) is 3.41. The Morgan fingerprint density at radius 3 is 2.78 bits per heavy atom. The smallest absolute Gasteiger partial charge is 0.123 e. The Bertz CT molecular complexity index is 838. The van der Waals surface area contributed by atoms with Crippen LogP contribution >= 0.6 is 0 Å². The molecule has 2 N–H and O–H groups in total. The summed E-state index contributed by atoms with van der Waals surface area (Å²) in [6.07, 6.45) is 0.909. The Labute approximate surface area is 134 Å². The van der Waals surface area contributed by atoms with Crippen LogP contribution in [0.25, 0.3) is 10.9 Å². The Hall–Kier alpha value is -2.33. The third-order valence-corrected chi connectivity index (χ3v) is 4.44. The van der Waals surface area contributed by atoms with E-state index in [0.717, 1.165) is 35.3 Å². The second kappa shape index (κ2) is 5.70. The summed E-state index contributed by atoms with van der Waals surface area (Å²) in [4.78, 5) is 3.47. The molecule has 4 heteroatoms. The first-order chi connectivity index (χ1) is 11.3. The van der Waals surface area contributed by atoms with Crippen LogP contribution in [0.1, 0.15) is 29.8 Å². The quantitative estimate of drug-likeness (QED) is 0.769. The van der Waals surface area contributed by atoms with Crippen molar-refractivity contribution in [1.82, 2.24) is 10.3 Å². The van der Waals surface area contributed by atoms with E-state index < -0.39 is 0 Å². The maximum Gasteiger partial charge on any atom is 0.123 e. The topological polar surface area (TPSA) is 37.0 Å². The summed E-state index contributed by atoms with van der Waals surface area (Å²) in [5, 5.41) is 4.55. The molecule has 2 heterocycles. The number of rotatable bonds is 3. The summed E-state index contributed by atoms with van der Waals surface area (Å²) in [5.74, 6) is 0.696. The standard InChI is InChI=1S/C19H19FN2O/c1-2-23-14-6-3-12(4-7-14)18-19-15(9-10-21-18)16-11-13(20)5-8-17(16)22-19/h3-8,11,18,21-22H,2,9-10H2,1H3. The Morgan fingerprint density at radius 2 is 2.00 bits per heavy atom. The molecule has 0 saturated heterocycles. The summed E-state index contributed by atoms with van der Waals surface area (Å²) >= 11 is 0. The third-order valence-electron chi connectivity index (χ3n) is 4.44. The molecule has 1 aliphatic rings. The van der Waals surface area contributed by atoms with Crippen LogP contribution in [0.2, 0.25) is 0 Å². The second-order valence-electron chi connectivity index (χ2n) is 5.85. The molecule has 1 atom stereocenters. The van der Waals surface area contributed by atoms with E-state index in [1.54, 1.807) is 6.07 Å². The highest BCUT2D eigenvalue weighted by atomic mass is 19.1. The van der Waals surface area contributed by atoms with Crippen LogP contribution in [0.15, 0.2) is 42.5 Å². The molecular weight excluding hydrogens is 291 g/mol. The molecule has 0 bridgehead atoms. The normalized spacial score (nSPS) is 17.2. The molecule has 0 saturated carbocycles. The molecule has 3 aromatic rings. The summed E-state index contributed by atoms with van der Waals surface area (Å²) in [6, 6.07) is 13.2. The third kappa shape index (κ3) is 2.49. The fraction of sp³-hybridized carbons (Fsp3) is 0.263. The molecule has 118 valence electrons. The summed E-state index contributed by atoms with van der Waals surface area (Å²) in [5.41, 5.74) is 4.54. The zero-order valence-electron chi connectivity index (χ0n) is 13.0. The number of hydrogen-bond acceptors (Lipinski definition) is 2. The van der Waals surface area contributed by atoms with Gasteiger partial charge in [-0.2, -0.15) is 0 Å². The van der Waals surface area contributed by atoms with Crippen LogP contribution in [0.3, 0.4) is 0 Å². The summed E-state index contributed by atoms with van der Waals surface area (Å²) in [6.45, 7) is 3.53. The first-order valence-electron chi connectivity index (χ1n) is 8.02. The predicted octanol–water partition coefficient (Wildman–Crippen LogP) is 3.94. The van der Waals surface area contributed by atoms with Gasteiger partial charge in [-0.1, -0.05) is 12.1 Å². The van der Waals surface area contributed by atoms with Crippen LogP contribution in [0, 0.1) is 5.82 Å². The lowest BCUT2D eigenvalue weighted by molar-refractivity contribution is 0.340. The van der Waals surface area contributed by atoms with Gasteiger partial charge < -0.3 is 15.0 Å². The molecule has 3 nitrogen and oxygen atoms in total. The van der Waals surface area contributed by atoms with Gasteiger partial charge in [0.05, 0.1) is 12.6 Å². The molecule has 0 aliphatic carbocycles. The van der Waals surface area contributed by atoms with E-state index >= 15 is 0 Å². The molecule has 2 aromatic carbocycles. The molecule has 1 unspecified atom stereocenters. The van der Waals surface area contributed by atoms with E-state index in [0.29, 0.717) is 6.61 Å². The van der Waals surface area contributed by atoms with Crippen molar-refractivity contribution in [3.8, 4) is 5.75 Å². The van der Waals surface area contributed by atoms with Crippen molar-refractivity contribution in [2.24, 2.45) is 0 Å². The number of nitrogens with one attached hydrogen (secondary N) is 2. The number of benzene rings is 2. The van der Waals surface area contributed by atoms with Crippen LogP contribution in [0.4, 0.5) is 4.39 Å². The fourth-order valence-electron chi connectivity index (χ4n) is 3.41. The molecule has 23 heavy (non-hydrogen) atoms. The van der Waals surface area contributed by atoms with Gasteiger partial charge in [0.25, 0.3) is 0 Å². The van der Waals surface area contributed by atoms with Crippen molar-refractivity contribution in [3.63, 3.8) is 0 Å². The van der Waals surface area contributed by atoms with Gasteiger partial charge in [-0.25, -0.2) is 4.39 Å². The Balaban J connectivity index is 1.76. The number of H-pyrrole nitrogens is 1. The minimum Gasteiger partial charge on any atom is -0.494 e. The predicted molar refractivity (Wildman–Crippen MR) is 89.4 cm³/mol.